The van der Waals surface area contributed by atoms with Crippen LogP contribution in [0.15, 0.2) is 29.2 Å². The zero-order chi connectivity index (χ0) is 23.5. The first-order valence-electron chi connectivity index (χ1n) is 10.8. The Bertz CT molecular complexity index is 1220. The Hall–Kier alpha value is -3.27. The number of pyridine rings is 1. The van der Waals surface area contributed by atoms with E-state index in [0.29, 0.717) is 25.9 Å². The summed E-state index contributed by atoms with van der Waals surface area (Å²) in [5, 5.41) is 2.74. The minimum absolute atomic E-state index is 0.0619. The van der Waals surface area contributed by atoms with E-state index >= 15 is 0 Å². The molecule has 1 N–H and O–H groups in total. The highest BCUT2D eigenvalue weighted by Crippen LogP contribution is 2.46. The number of hydrogen-bond acceptors (Lipinski definition) is 5. The maximum atomic E-state index is 14.4. The van der Waals surface area contributed by atoms with Gasteiger partial charge in [0.15, 0.2) is 17.7 Å². The topological polar surface area (TPSA) is 89.9 Å². The third-order valence-corrected chi connectivity index (χ3v) is 6.66. The number of nitrogens with zero attached hydrogens (tertiary/aromatic N) is 2. The molecule has 1 saturated carbocycles. The minimum Gasteiger partial charge on any atom is -0.491 e. The lowest BCUT2D eigenvalue weighted by atomic mass is 10.0. The number of carbonyl (C=O) groups excluding carboxylic acids is 2. The van der Waals surface area contributed by atoms with Crippen molar-refractivity contribution in [1.82, 2.24) is 14.8 Å². The van der Waals surface area contributed by atoms with Gasteiger partial charge in [-0.25, -0.2) is 8.78 Å². The van der Waals surface area contributed by atoms with Crippen molar-refractivity contribution in [2.45, 2.75) is 50.5 Å². The Kier molecular flexibility index (Phi) is 5.00. The van der Waals surface area contributed by atoms with Crippen LogP contribution in [0.1, 0.15) is 52.6 Å². The average molecular weight is 459 g/mol. The van der Waals surface area contributed by atoms with Crippen molar-refractivity contribution in [1.29, 1.82) is 0 Å². The van der Waals surface area contributed by atoms with E-state index in [0.717, 1.165) is 12.1 Å². The Labute approximate surface area is 188 Å². The number of nitrogens with one attached hydrogen (secondary N) is 1. The molecule has 1 saturated heterocycles. The molecule has 1 aromatic carbocycles. The van der Waals surface area contributed by atoms with Gasteiger partial charge in [-0.2, -0.15) is 0 Å². The van der Waals surface area contributed by atoms with Crippen molar-refractivity contribution < 1.29 is 27.8 Å². The molecule has 2 aromatic rings. The van der Waals surface area contributed by atoms with Crippen molar-refractivity contribution >= 4 is 11.8 Å². The van der Waals surface area contributed by atoms with E-state index in [4.69, 9.17) is 9.47 Å². The van der Waals surface area contributed by atoms with Crippen LogP contribution >= 0.6 is 0 Å². The monoisotopic (exact) mass is 459 g/mol. The van der Waals surface area contributed by atoms with E-state index in [9.17, 15) is 23.2 Å². The van der Waals surface area contributed by atoms with Gasteiger partial charge in [-0.15, -0.1) is 0 Å². The molecule has 2 amide bonds. The zero-order valence-electron chi connectivity index (χ0n) is 18.2. The lowest BCUT2D eigenvalue weighted by Crippen LogP contribution is -2.57. The summed E-state index contributed by atoms with van der Waals surface area (Å²) in [7, 11) is 1.27. The molecule has 2 fully saturated rings. The van der Waals surface area contributed by atoms with Crippen LogP contribution in [-0.4, -0.2) is 47.3 Å². The number of hydrogen-bond donors (Lipinski definition) is 1. The van der Waals surface area contributed by atoms with Crippen LogP contribution in [0.25, 0.3) is 0 Å². The smallest absolute Gasteiger partial charge is 0.276 e. The molecule has 1 aliphatic carbocycles. The summed E-state index contributed by atoms with van der Waals surface area (Å²) in [6, 6.07) is 3.13. The van der Waals surface area contributed by atoms with Crippen LogP contribution < -0.4 is 15.5 Å². The van der Waals surface area contributed by atoms with Gasteiger partial charge >= 0.3 is 0 Å². The summed E-state index contributed by atoms with van der Waals surface area (Å²) < 4.78 is 40.2. The highest BCUT2D eigenvalue weighted by Gasteiger charge is 2.48. The zero-order valence-corrected chi connectivity index (χ0v) is 18.2. The van der Waals surface area contributed by atoms with Crippen molar-refractivity contribution in [3.05, 3.63) is 63.1 Å². The molecule has 2 atom stereocenters. The van der Waals surface area contributed by atoms with E-state index in [1.807, 2.05) is 6.92 Å². The molecule has 3 aliphatic rings. The molecule has 5 rings (SSSR count). The molecule has 0 radical (unpaired) electrons. The van der Waals surface area contributed by atoms with E-state index in [1.165, 1.54) is 23.9 Å². The van der Waals surface area contributed by atoms with E-state index in [-0.39, 0.29) is 35.2 Å². The first-order valence-corrected chi connectivity index (χ1v) is 10.8. The van der Waals surface area contributed by atoms with Gasteiger partial charge in [0, 0.05) is 23.9 Å². The van der Waals surface area contributed by atoms with Gasteiger partial charge in [0.25, 0.3) is 11.8 Å². The molecule has 174 valence electrons. The fraction of sp³-hybridized carbons (Fsp3) is 0.435. The Morgan fingerprint density at radius 2 is 2.03 bits per heavy atom. The molecule has 2 unspecified atom stereocenters. The first kappa shape index (κ1) is 21.6. The SMILES string of the molecule is COc1c2n(cc(C(=O)NC3(c4ccc(F)cc4F)CC3)c1=O)CC1OCCC(C)N1C2=O. The van der Waals surface area contributed by atoms with Crippen molar-refractivity contribution in [2.24, 2.45) is 0 Å². The van der Waals surface area contributed by atoms with E-state index < -0.39 is 40.6 Å². The maximum absolute atomic E-state index is 14.4. The third kappa shape index (κ3) is 3.40. The number of fused-ring (bicyclic) bond motifs is 2. The second kappa shape index (κ2) is 7.65. The number of carbonyl (C=O) groups is 2. The maximum Gasteiger partial charge on any atom is 0.276 e. The summed E-state index contributed by atoms with van der Waals surface area (Å²) in [4.78, 5) is 41.1. The Morgan fingerprint density at radius 3 is 2.70 bits per heavy atom. The molecule has 3 heterocycles. The van der Waals surface area contributed by atoms with Crippen LogP contribution in [0.5, 0.6) is 5.75 Å². The third-order valence-electron chi connectivity index (χ3n) is 6.66. The minimum atomic E-state index is -1.01. The molecular formula is C23H23F2N3O5. The number of amides is 2. The van der Waals surface area contributed by atoms with Gasteiger partial charge in [-0.1, -0.05) is 6.07 Å². The Morgan fingerprint density at radius 1 is 1.27 bits per heavy atom. The van der Waals surface area contributed by atoms with Gasteiger partial charge in [-0.3, -0.25) is 14.4 Å². The molecule has 1 aromatic heterocycles. The number of rotatable bonds is 4. The fourth-order valence-corrected chi connectivity index (χ4v) is 4.74. The quantitative estimate of drug-likeness (QED) is 0.757. The second-order valence-corrected chi connectivity index (χ2v) is 8.74. The predicted octanol–water partition coefficient (Wildman–Crippen LogP) is 2.14. The van der Waals surface area contributed by atoms with Crippen LogP contribution in [0, 0.1) is 11.6 Å². The van der Waals surface area contributed by atoms with Crippen LogP contribution in [0.4, 0.5) is 8.78 Å². The van der Waals surface area contributed by atoms with Crippen LogP contribution in [0.3, 0.4) is 0 Å². The standard InChI is InChI=1S/C23H23F2N3O5/c1-12-5-8-33-17-11-27-10-14(19(29)20(32-2)18(27)22(31)28(12)17)21(30)26-23(6-7-23)15-4-3-13(24)9-16(15)25/h3-4,9-10,12,17H,5-8,11H2,1-2H3,(H,26,30). The molecule has 8 nitrogen and oxygen atoms in total. The summed E-state index contributed by atoms with van der Waals surface area (Å²) >= 11 is 0. The lowest BCUT2D eigenvalue weighted by Gasteiger charge is -2.44. The number of methoxy groups -OCH3 is 1. The summed E-state index contributed by atoms with van der Waals surface area (Å²) in [6.07, 6.45) is 2.39. The second-order valence-electron chi connectivity index (χ2n) is 8.74. The largest absolute Gasteiger partial charge is 0.491 e. The van der Waals surface area contributed by atoms with Gasteiger partial charge < -0.3 is 24.3 Å². The van der Waals surface area contributed by atoms with E-state index in [1.54, 1.807) is 4.90 Å². The molecule has 33 heavy (non-hydrogen) atoms. The van der Waals surface area contributed by atoms with Gasteiger partial charge in [0.2, 0.25) is 5.43 Å². The normalized spacial score (nSPS) is 22.9. The first-order chi connectivity index (χ1) is 15.8. The number of benzene rings is 1. The van der Waals surface area contributed by atoms with Gasteiger partial charge in [-0.05, 0) is 32.3 Å². The molecular weight excluding hydrogens is 436 g/mol. The highest BCUT2D eigenvalue weighted by molar-refractivity contribution is 5.99. The highest BCUT2D eigenvalue weighted by atomic mass is 19.1. The molecule has 0 spiro atoms. The van der Waals surface area contributed by atoms with Crippen molar-refractivity contribution in [3.63, 3.8) is 0 Å². The van der Waals surface area contributed by atoms with Crippen LogP contribution in [0.2, 0.25) is 0 Å². The molecule has 10 heteroatoms. The number of halogens is 2. The van der Waals surface area contributed by atoms with Gasteiger partial charge in [0.1, 0.15) is 17.2 Å². The predicted molar refractivity (Wildman–Crippen MR) is 112 cm³/mol. The van der Waals surface area contributed by atoms with Crippen molar-refractivity contribution in [2.75, 3.05) is 13.7 Å². The summed E-state index contributed by atoms with van der Waals surface area (Å²) in [6.45, 7) is 2.65. The summed E-state index contributed by atoms with van der Waals surface area (Å²) in [5.74, 6) is -2.81. The van der Waals surface area contributed by atoms with Crippen LogP contribution in [-0.2, 0) is 16.8 Å². The fourth-order valence-electron chi connectivity index (χ4n) is 4.74. The summed E-state index contributed by atoms with van der Waals surface area (Å²) in [5.41, 5.74) is -1.73. The lowest BCUT2D eigenvalue weighted by molar-refractivity contribution is -0.112. The number of aromatic nitrogens is 1. The van der Waals surface area contributed by atoms with Gasteiger partial charge in [0.05, 0.1) is 25.8 Å². The van der Waals surface area contributed by atoms with E-state index in [2.05, 4.69) is 5.32 Å². The molecule has 2 aliphatic heterocycles. The Balaban J connectivity index is 1.52. The number of ether oxygens (including phenoxy) is 2. The molecule has 0 bridgehead atoms. The van der Waals surface area contributed by atoms with Crippen molar-refractivity contribution in [3.8, 4) is 5.75 Å². The average Bonchev–Trinajstić information content (AvgIpc) is 3.53.